The van der Waals surface area contributed by atoms with E-state index in [4.69, 9.17) is 11.6 Å². The molecule has 2 rings (SSSR count). The van der Waals surface area contributed by atoms with E-state index >= 15 is 0 Å². The second kappa shape index (κ2) is 4.81. The van der Waals surface area contributed by atoms with Gasteiger partial charge in [-0.2, -0.15) is 0 Å². The summed E-state index contributed by atoms with van der Waals surface area (Å²) in [6.07, 6.45) is 1.63. The molecule has 2 aromatic rings. The zero-order valence-corrected chi connectivity index (χ0v) is 10.8. The van der Waals surface area contributed by atoms with Crippen molar-refractivity contribution in [3.63, 3.8) is 0 Å². The highest BCUT2D eigenvalue weighted by atomic mass is 35.5. The summed E-state index contributed by atoms with van der Waals surface area (Å²) < 4.78 is 4.65. The SMILES string of the molecule is COC(=O)c1nc(-c2ncccc2Cl)sc1C. The van der Waals surface area contributed by atoms with Crippen molar-refractivity contribution in [3.8, 4) is 10.7 Å². The first kappa shape index (κ1) is 12.0. The van der Waals surface area contributed by atoms with Gasteiger partial charge in [-0.05, 0) is 19.1 Å². The number of aromatic nitrogens is 2. The minimum absolute atomic E-state index is 0.314. The van der Waals surface area contributed by atoms with Crippen molar-refractivity contribution in [2.24, 2.45) is 0 Å². The average molecular weight is 269 g/mol. The Hall–Kier alpha value is -1.46. The molecular weight excluding hydrogens is 260 g/mol. The lowest BCUT2D eigenvalue weighted by Crippen LogP contribution is -2.03. The molecule has 0 aliphatic rings. The lowest BCUT2D eigenvalue weighted by Gasteiger charge is -1.97. The van der Waals surface area contributed by atoms with Crippen molar-refractivity contribution < 1.29 is 9.53 Å². The maximum atomic E-state index is 11.4. The van der Waals surface area contributed by atoms with Gasteiger partial charge in [0, 0.05) is 11.1 Å². The minimum atomic E-state index is -0.447. The predicted molar refractivity (Wildman–Crippen MR) is 66.4 cm³/mol. The van der Waals surface area contributed by atoms with Crippen LogP contribution in [-0.2, 0) is 4.74 Å². The monoisotopic (exact) mass is 268 g/mol. The molecule has 6 heteroatoms. The summed E-state index contributed by atoms with van der Waals surface area (Å²) in [5.41, 5.74) is 0.895. The number of nitrogens with zero attached hydrogens (tertiary/aromatic N) is 2. The number of thiazole rings is 1. The van der Waals surface area contributed by atoms with E-state index in [1.807, 2.05) is 6.92 Å². The van der Waals surface area contributed by atoms with E-state index in [0.717, 1.165) is 4.88 Å². The van der Waals surface area contributed by atoms with Crippen molar-refractivity contribution in [1.29, 1.82) is 0 Å². The first-order chi connectivity index (χ1) is 8.13. The van der Waals surface area contributed by atoms with Crippen LogP contribution >= 0.6 is 22.9 Å². The van der Waals surface area contributed by atoms with E-state index in [0.29, 0.717) is 21.4 Å². The van der Waals surface area contributed by atoms with Gasteiger partial charge in [-0.15, -0.1) is 11.3 Å². The van der Waals surface area contributed by atoms with Gasteiger partial charge in [0.15, 0.2) is 5.69 Å². The molecule has 0 spiro atoms. The van der Waals surface area contributed by atoms with E-state index < -0.39 is 5.97 Å². The van der Waals surface area contributed by atoms with Crippen molar-refractivity contribution in [2.75, 3.05) is 7.11 Å². The number of halogens is 1. The highest BCUT2D eigenvalue weighted by Crippen LogP contribution is 2.30. The Balaban J connectivity index is 2.49. The highest BCUT2D eigenvalue weighted by molar-refractivity contribution is 7.15. The second-order valence-corrected chi connectivity index (χ2v) is 4.86. The maximum Gasteiger partial charge on any atom is 0.357 e. The molecular formula is C11H9ClN2O2S. The molecule has 2 heterocycles. The summed E-state index contributed by atoms with van der Waals surface area (Å²) in [5.74, 6) is -0.447. The van der Waals surface area contributed by atoms with Gasteiger partial charge in [0.2, 0.25) is 0 Å². The second-order valence-electron chi connectivity index (χ2n) is 3.25. The number of aryl methyl sites for hydroxylation is 1. The van der Waals surface area contributed by atoms with Crippen LogP contribution in [0.5, 0.6) is 0 Å². The molecule has 0 fully saturated rings. The Morgan fingerprint density at radius 2 is 2.29 bits per heavy atom. The number of esters is 1. The lowest BCUT2D eigenvalue weighted by molar-refractivity contribution is 0.0594. The topological polar surface area (TPSA) is 52.1 Å². The van der Waals surface area contributed by atoms with Crippen LogP contribution in [0.4, 0.5) is 0 Å². The molecule has 0 atom stereocenters. The smallest absolute Gasteiger partial charge is 0.357 e. The van der Waals surface area contributed by atoms with Gasteiger partial charge in [0.1, 0.15) is 10.7 Å². The third-order valence-corrected chi connectivity index (χ3v) is 3.42. The van der Waals surface area contributed by atoms with Gasteiger partial charge >= 0.3 is 5.97 Å². The summed E-state index contributed by atoms with van der Waals surface area (Å²) in [4.78, 5) is 20.6. The summed E-state index contributed by atoms with van der Waals surface area (Å²) in [6, 6.07) is 3.48. The fourth-order valence-corrected chi connectivity index (χ4v) is 2.51. The van der Waals surface area contributed by atoms with E-state index in [1.165, 1.54) is 18.4 Å². The Labute approximate surface area is 107 Å². The molecule has 4 nitrogen and oxygen atoms in total. The third kappa shape index (κ3) is 2.30. The molecule has 0 unspecified atom stereocenters. The number of ether oxygens (including phenoxy) is 1. The average Bonchev–Trinajstić information content (AvgIpc) is 2.71. The van der Waals surface area contributed by atoms with Crippen LogP contribution in [0.25, 0.3) is 10.7 Å². The van der Waals surface area contributed by atoms with Crippen molar-refractivity contribution in [2.45, 2.75) is 6.92 Å². The van der Waals surface area contributed by atoms with Gasteiger partial charge in [0.25, 0.3) is 0 Å². The Morgan fingerprint density at radius 1 is 1.53 bits per heavy atom. The fraction of sp³-hybridized carbons (Fsp3) is 0.182. The normalized spacial score (nSPS) is 10.3. The van der Waals surface area contributed by atoms with E-state index in [-0.39, 0.29) is 0 Å². The third-order valence-electron chi connectivity index (χ3n) is 2.14. The fourth-order valence-electron chi connectivity index (χ4n) is 1.33. The molecule has 88 valence electrons. The predicted octanol–water partition coefficient (Wildman–Crippen LogP) is 2.95. The zero-order chi connectivity index (χ0) is 12.4. The first-order valence-electron chi connectivity index (χ1n) is 4.80. The molecule has 0 amide bonds. The largest absolute Gasteiger partial charge is 0.464 e. The maximum absolute atomic E-state index is 11.4. The zero-order valence-electron chi connectivity index (χ0n) is 9.23. The van der Waals surface area contributed by atoms with Crippen molar-refractivity contribution >= 4 is 28.9 Å². The number of hydrogen-bond donors (Lipinski definition) is 0. The lowest BCUT2D eigenvalue weighted by atomic mass is 10.3. The van der Waals surface area contributed by atoms with Crippen LogP contribution in [0, 0.1) is 6.92 Å². The highest BCUT2D eigenvalue weighted by Gasteiger charge is 2.18. The van der Waals surface area contributed by atoms with E-state index in [9.17, 15) is 4.79 Å². The Kier molecular flexibility index (Phi) is 3.40. The van der Waals surface area contributed by atoms with Crippen LogP contribution in [-0.4, -0.2) is 23.0 Å². The summed E-state index contributed by atoms with van der Waals surface area (Å²) in [7, 11) is 1.33. The van der Waals surface area contributed by atoms with Gasteiger partial charge in [-0.1, -0.05) is 11.6 Å². The number of rotatable bonds is 2. The summed E-state index contributed by atoms with van der Waals surface area (Å²) >= 11 is 7.39. The molecule has 0 N–H and O–H groups in total. The minimum Gasteiger partial charge on any atom is -0.464 e. The number of hydrogen-bond acceptors (Lipinski definition) is 5. The van der Waals surface area contributed by atoms with Crippen LogP contribution in [0.15, 0.2) is 18.3 Å². The number of methoxy groups -OCH3 is 1. The van der Waals surface area contributed by atoms with Crippen molar-refractivity contribution in [1.82, 2.24) is 9.97 Å². The summed E-state index contributed by atoms with van der Waals surface area (Å²) in [6.45, 7) is 1.81. The molecule has 0 aromatic carbocycles. The molecule has 0 aliphatic heterocycles. The van der Waals surface area contributed by atoms with Gasteiger partial charge in [0.05, 0.1) is 12.1 Å². The summed E-state index contributed by atoms with van der Waals surface area (Å²) in [5, 5.41) is 1.13. The van der Waals surface area contributed by atoms with E-state index in [2.05, 4.69) is 14.7 Å². The van der Waals surface area contributed by atoms with Crippen molar-refractivity contribution in [3.05, 3.63) is 33.9 Å². The van der Waals surface area contributed by atoms with Gasteiger partial charge in [-0.25, -0.2) is 9.78 Å². The Bertz CT molecular complexity index is 568. The van der Waals surface area contributed by atoms with Crippen LogP contribution in [0.3, 0.4) is 0 Å². The first-order valence-corrected chi connectivity index (χ1v) is 5.99. The molecule has 17 heavy (non-hydrogen) atoms. The molecule has 2 aromatic heterocycles. The van der Waals surface area contributed by atoms with Crippen LogP contribution < -0.4 is 0 Å². The molecule has 0 bridgehead atoms. The van der Waals surface area contributed by atoms with Crippen LogP contribution in [0.2, 0.25) is 5.02 Å². The quantitative estimate of drug-likeness (QED) is 0.786. The van der Waals surface area contributed by atoms with Crippen LogP contribution in [0.1, 0.15) is 15.4 Å². The van der Waals surface area contributed by atoms with Gasteiger partial charge < -0.3 is 4.74 Å². The molecule has 0 radical (unpaired) electrons. The number of carbonyl (C=O) groups is 1. The molecule has 0 aliphatic carbocycles. The van der Waals surface area contributed by atoms with E-state index in [1.54, 1.807) is 18.3 Å². The number of carbonyl (C=O) groups excluding carboxylic acids is 1. The molecule has 0 saturated carbocycles. The standard InChI is InChI=1S/C11H9ClN2O2S/c1-6-8(11(15)16-2)14-10(17-6)9-7(12)4-3-5-13-9/h3-5H,1-2H3. The Morgan fingerprint density at radius 3 is 2.94 bits per heavy atom. The van der Waals surface area contributed by atoms with Gasteiger partial charge in [-0.3, -0.25) is 4.98 Å². The molecule has 0 saturated heterocycles. The number of pyridine rings is 1.